The third-order valence-corrected chi connectivity index (χ3v) is 4.82. The minimum absolute atomic E-state index is 0.0689. The summed E-state index contributed by atoms with van der Waals surface area (Å²) in [5.74, 6) is 0.551. The molecule has 1 aromatic rings. The molecule has 2 rings (SSSR count). The maximum Gasteiger partial charge on any atom is 0.222 e. The molecule has 1 aromatic carbocycles. The molecule has 1 amide bonds. The summed E-state index contributed by atoms with van der Waals surface area (Å²) in [5.41, 5.74) is 0.494. The summed E-state index contributed by atoms with van der Waals surface area (Å²) in [4.78, 5) is 26.0. The number of nitrogens with zero attached hydrogens (tertiary/aromatic N) is 1. The highest BCUT2D eigenvalue weighted by Gasteiger charge is 2.23. The fourth-order valence-electron chi connectivity index (χ4n) is 2.60. The van der Waals surface area contributed by atoms with Gasteiger partial charge in [0, 0.05) is 18.5 Å². The Bertz CT molecular complexity index is 545. The normalized spacial score (nSPS) is 19.5. The number of ketones is 1. The van der Waals surface area contributed by atoms with Crippen LogP contribution in [0.3, 0.4) is 0 Å². The van der Waals surface area contributed by atoms with Crippen LogP contribution in [0.2, 0.25) is 10.0 Å². The first-order valence-corrected chi connectivity index (χ1v) is 8.03. The van der Waals surface area contributed by atoms with Crippen molar-refractivity contribution in [2.75, 3.05) is 13.1 Å². The minimum Gasteiger partial charge on any atom is -0.335 e. The van der Waals surface area contributed by atoms with Crippen LogP contribution >= 0.6 is 23.2 Å². The fourth-order valence-corrected chi connectivity index (χ4v) is 2.90. The molecule has 0 aliphatic carbocycles. The molecule has 0 spiro atoms. The van der Waals surface area contributed by atoms with Gasteiger partial charge in [-0.15, -0.1) is 0 Å². The van der Waals surface area contributed by atoms with Crippen molar-refractivity contribution in [3.05, 3.63) is 33.8 Å². The number of carbonyl (C=O) groups excluding carboxylic acids is 2. The van der Waals surface area contributed by atoms with Gasteiger partial charge in [-0.05, 0) is 37.0 Å². The monoisotopic (exact) mass is 327 g/mol. The molecule has 1 saturated heterocycles. The first kappa shape index (κ1) is 16.3. The molecule has 1 aliphatic heterocycles. The lowest BCUT2D eigenvalue weighted by Crippen LogP contribution is -2.35. The Kier molecular flexibility index (Phi) is 5.65. The van der Waals surface area contributed by atoms with Gasteiger partial charge in [0.15, 0.2) is 5.78 Å². The van der Waals surface area contributed by atoms with Gasteiger partial charge in [-0.25, -0.2) is 0 Å². The molecule has 1 aliphatic rings. The molecule has 1 unspecified atom stereocenters. The standard InChI is InChI=1S/C16H19Cl2NO2/c1-2-11-3-6-16(21)19(8-7-11)10-15(20)12-4-5-13(17)14(18)9-12/h4-5,9,11H,2-3,6-8,10H2,1H3. The smallest absolute Gasteiger partial charge is 0.222 e. The Morgan fingerprint density at radius 2 is 2.05 bits per heavy atom. The Hall–Kier alpha value is -1.06. The number of amides is 1. The molecule has 114 valence electrons. The van der Waals surface area contributed by atoms with Crippen LogP contribution in [0.5, 0.6) is 0 Å². The molecular formula is C16H19Cl2NO2. The van der Waals surface area contributed by atoms with E-state index in [1.165, 1.54) is 0 Å². The number of Topliss-reactive ketones (excluding diaryl/α,β-unsaturated/α-hetero) is 1. The van der Waals surface area contributed by atoms with Crippen LogP contribution in [0.1, 0.15) is 43.0 Å². The summed E-state index contributed by atoms with van der Waals surface area (Å²) in [5, 5.41) is 0.778. The van der Waals surface area contributed by atoms with Crippen LogP contribution in [0.25, 0.3) is 0 Å². The van der Waals surface area contributed by atoms with Crippen molar-refractivity contribution in [3.63, 3.8) is 0 Å². The summed E-state index contributed by atoms with van der Waals surface area (Å²) >= 11 is 11.8. The molecule has 0 radical (unpaired) electrons. The van der Waals surface area contributed by atoms with Crippen molar-refractivity contribution in [2.45, 2.75) is 32.6 Å². The summed E-state index contributed by atoms with van der Waals surface area (Å²) in [6.45, 7) is 2.92. The Balaban J connectivity index is 2.04. The van der Waals surface area contributed by atoms with Crippen LogP contribution in [0, 0.1) is 5.92 Å². The van der Waals surface area contributed by atoms with Gasteiger partial charge in [-0.3, -0.25) is 9.59 Å². The lowest BCUT2D eigenvalue weighted by atomic mass is 9.98. The van der Waals surface area contributed by atoms with E-state index in [9.17, 15) is 9.59 Å². The predicted octanol–water partition coefficient (Wildman–Crippen LogP) is 4.21. The summed E-state index contributed by atoms with van der Waals surface area (Å²) in [6.07, 6.45) is 3.51. The van der Waals surface area contributed by atoms with E-state index < -0.39 is 0 Å². The third kappa shape index (κ3) is 4.21. The van der Waals surface area contributed by atoms with Crippen LogP contribution in [-0.4, -0.2) is 29.7 Å². The molecule has 21 heavy (non-hydrogen) atoms. The summed E-state index contributed by atoms with van der Waals surface area (Å²) in [7, 11) is 0. The van der Waals surface area contributed by atoms with E-state index in [-0.39, 0.29) is 18.2 Å². The molecule has 1 heterocycles. The SMILES string of the molecule is CCC1CCC(=O)N(CC(=O)c2ccc(Cl)c(Cl)c2)CC1. The average molecular weight is 328 g/mol. The second-order valence-electron chi connectivity index (χ2n) is 5.47. The van der Waals surface area contributed by atoms with Gasteiger partial charge in [-0.1, -0.05) is 36.5 Å². The van der Waals surface area contributed by atoms with E-state index in [4.69, 9.17) is 23.2 Å². The summed E-state index contributed by atoms with van der Waals surface area (Å²) in [6, 6.07) is 4.81. The highest BCUT2D eigenvalue weighted by atomic mass is 35.5. The fraction of sp³-hybridized carbons (Fsp3) is 0.500. The number of benzene rings is 1. The first-order valence-electron chi connectivity index (χ1n) is 7.27. The number of hydrogen-bond donors (Lipinski definition) is 0. The molecule has 1 fully saturated rings. The Morgan fingerprint density at radius 1 is 1.29 bits per heavy atom. The molecular weight excluding hydrogens is 309 g/mol. The Labute approximate surface area is 135 Å². The van der Waals surface area contributed by atoms with E-state index in [1.54, 1.807) is 23.1 Å². The zero-order chi connectivity index (χ0) is 15.4. The maximum atomic E-state index is 12.3. The molecule has 5 heteroatoms. The second kappa shape index (κ2) is 7.28. The van der Waals surface area contributed by atoms with Gasteiger partial charge in [0.1, 0.15) is 0 Å². The third-order valence-electron chi connectivity index (χ3n) is 4.08. The first-order chi connectivity index (χ1) is 10.0. The van der Waals surface area contributed by atoms with Gasteiger partial charge < -0.3 is 4.90 Å². The number of likely N-dealkylation sites (tertiary alicyclic amines) is 1. The van der Waals surface area contributed by atoms with E-state index >= 15 is 0 Å². The van der Waals surface area contributed by atoms with Gasteiger partial charge in [0.05, 0.1) is 16.6 Å². The quantitative estimate of drug-likeness (QED) is 0.776. The zero-order valence-electron chi connectivity index (χ0n) is 12.1. The number of halogens is 2. The molecule has 3 nitrogen and oxygen atoms in total. The van der Waals surface area contributed by atoms with Gasteiger partial charge in [0.2, 0.25) is 5.91 Å². The number of hydrogen-bond acceptors (Lipinski definition) is 2. The zero-order valence-corrected chi connectivity index (χ0v) is 13.6. The topological polar surface area (TPSA) is 37.4 Å². The number of rotatable bonds is 4. The lowest BCUT2D eigenvalue weighted by Gasteiger charge is -2.20. The molecule has 0 bridgehead atoms. The van der Waals surface area contributed by atoms with E-state index in [1.807, 2.05) is 0 Å². The molecule has 0 aromatic heterocycles. The lowest BCUT2D eigenvalue weighted by molar-refractivity contribution is -0.130. The van der Waals surface area contributed by atoms with Crippen molar-refractivity contribution in [3.8, 4) is 0 Å². The van der Waals surface area contributed by atoms with Gasteiger partial charge in [0.25, 0.3) is 0 Å². The van der Waals surface area contributed by atoms with Crippen LogP contribution in [0.4, 0.5) is 0 Å². The van der Waals surface area contributed by atoms with Crippen molar-refractivity contribution in [2.24, 2.45) is 5.92 Å². The van der Waals surface area contributed by atoms with E-state index in [0.717, 1.165) is 19.3 Å². The highest BCUT2D eigenvalue weighted by molar-refractivity contribution is 6.42. The Morgan fingerprint density at radius 3 is 2.71 bits per heavy atom. The van der Waals surface area contributed by atoms with Crippen LogP contribution in [0.15, 0.2) is 18.2 Å². The molecule has 0 saturated carbocycles. The summed E-state index contributed by atoms with van der Waals surface area (Å²) < 4.78 is 0. The van der Waals surface area contributed by atoms with E-state index in [0.29, 0.717) is 34.5 Å². The van der Waals surface area contributed by atoms with Gasteiger partial charge in [-0.2, -0.15) is 0 Å². The van der Waals surface area contributed by atoms with E-state index in [2.05, 4.69) is 6.92 Å². The maximum absolute atomic E-state index is 12.3. The van der Waals surface area contributed by atoms with Crippen molar-refractivity contribution in [1.29, 1.82) is 0 Å². The number of carbonyl (C=O) groups is 2. The van der Waals surface area contributed by atoms with Crippen molar-refractivity contribution >= 4 is 34.9 Å². The highest BCUT2D eigenvalue weighted by Crippen LogP contribution is 2.24. The molecule has 1 atom stereocenters. The largest absolute Gasteiger partial charge is 0.335 e. The van der Waals surface area contributed by atoms with Gasteiger partial charge >= 0.3 is 0 Å². The second-order valence-corrected chi connectivity index (χ2v) is 6.28. The minimum atomic E-state index is -0.100. The van der Waals surface area contributed by atoms with Crippen LogP contribution < -0.4 is 0 Å². The molecule has 0 N–H and O–H groups in total. The van der Waals surface area contributed by atoms with Crippen molar-refractivity contribution in [1.82, 2.24) is 4.90 Å². The average Bonchev–Trinajstić information content (AvgIpc) is 2.64. The van der Waals surface area contributed by atoms with Crippen molar-refractivity contribution < 1.29 is 9.59 Å². The predicted molar refractivity (Wildman–Crippen MR) is 85.0 cm³/mol. The van der Waals surface area contributed by atoms with Crippen LogP contribution in [-0.2, 0) is 4.79 Å².